The summed E-state index contributed by atoms with van der Waals surface area (Å²) in [6, 6.07) is 12.2. The fourth-order valence-electron chi connectivity index (χ4n) is 2.87. The van der Waals surface area contributed by atoms with Crippen LogP contribution in [0.15, 0.2) is 61.3 Å². The third kappa shape index (κ3) is 3.66. The van der Waals surface area contributed by atoms with E-state index in [1.165, 1.54) is 18.1 Å². The lowest BCUT2D eigenvalue weighted by molar-refractivity contribution is -0.141. The number of hydrogen-bond donors (Lipinski definition) is 1. The van der Waals surface area contributed by atoms with Crippen molar-refractivity contribution in [2.45, 2.75) is 13.1 Å². The minimum absolute atomic E-state index is 0.00621. The summed E-state index contributed by atoms with van der Waals surface area (Å²) in [6.45, 7) is 0.605. The van der Waals surface area contributed by atoms with Crippen LogP contribution in [-0.4, -0.2) is 37.8 Å². The molecule has 3 heterocycles. The summed E-state index contributed by atoms with van der Waals surface area (Å²) in [5.74, 6) is 0.282. The van der Waals surface area contributed by atoms with Crippen LogP contribution in [0.25, 0.3) is 22.2 Å². The van der Waals surface area contributed by atoms with Gasteiger partial charge in [0.25, 0.3) is 0 Å². The van der Waals surface area contributed by atoms with Gasteiger partial charge in [-0.25, -0.2) is 14.6 Å². The van der Waals surface area contributed by atoms with Gasteiger partial charge in [0.2, 0.25) is 0 Å². The van der Waals surface area contributed by atoms with E-state index in [9.17, 15) is 4.79 Å². The Hall–Kier alpha value is -3.81. The van der Waals surface area contributed by atoms with Crippen LogP contribution < -0.4 is 5.32 Å². The number of pyridine rings is 1. The van der Waals surface area contributed by atoms with E-state index in [0.29, 0.717) is 18.0 Å². The van der Waals surface area contributed by atoms with Gasteiger partial charge < -0.3 is 10.1 Å². The van der Waals surface area contributed by atoms with Crippen LogP contribution >= 0.6 is 0 Å². The minimum Gasteiger partial charge on any atom is -0.468 e. The van der Waals surface area contributed by atoms with Gasteiger partial charge in [-0.3, -0.25) is 9.78 Å². The monoisotopic (exact) mass is 374 g/mol. The molecule has 0 atom stereocenters. The summed E-state index contributed by atoms with van der Waals surface area (Å²) in [5.41, 5.74) is 3.89. The molecule has 1 aromatic carbocycles. The molecule has 3 aromatic heterocycles. The number of nitrogens with zero attached hydrogens (tertiary/aromatic N) is 5. The van der Waals surface area contributed by atoms with Crippen LogP contribution in [0.2, 0.25) is 0 Å². The summed E-state index contributed by atoms with van der Waals surface area (Å²) < 4.78 is 6.18. The molecule has 0 fully saturated rings. The summed E-state index contributed by atoms with van der Waals surface area (Å²) in [4.78, 5) is 24.2. The number of carbonyl (C=O) groups excluding carboxylic acids is 1. The van der Waals surface area contributed by atoms with Crippen LogP contribution in [0.1, 0.15) is 5.56 Å². The van der Waals surface area contributed by atoms with Crippen molar-refractivity contribution < 1.29 is 9.53 Å². The number of aromatic nitrogens is 5. The van der Waals surface area contributed by atoms with Gasteiger partial charge in [0.15, 0.2) is 5.65 Å². The molecule has 4 rings (SSSR count). The molecule has 1 N–H and O–H groups in total. The van der Waals surface area contributed by atoms with Crippen molar-refractivity contribution >= 4 is 22.8 Å². The fraction of sp³-hybridized carbons (Fsp3) is 0.150. The Morgan fingerprint density at radius 1 is 1.11 bits per heavy atom. The summed E-state index contributed by atoms with van der Waals surface area (Å²) in [7, 11) is 1.34. The fourth-order valence-corrected chi connectivity index (χ4v) is 2.87. The predicted molar refractivity (Wildman–Crippen MR) is 104 cm³/mol. The number of carbonyl (C=O) groups is 1. The molecule has 0 spiro atoms. The van der Waals surface area contributed by atoms with E-state index in [1.54, 1.807) is 12.4 Å². The zero-order valence-corrected chi connectivity index (χ0v) is 15.2. The zero-order valence-electron chi connectivity index (χ0n) is 15.2. The van der Waals surface area contributed by atoms with Crippen molar-refractivity contribution in [1.82, 2.24) is 24.7 Å². The molecule has 8 nitrogen and oxygen atoms in total. The molecule has 0 radical (unpaired) electrons. The molecular formula is C20H18N6O2. The first-order valence-electron chi connectivity index (χ1n) is 8.71. The van der Waals surface area contributed by atoms with Crippen molar-refractivity contribution in [2.75, 3.05) is 12.4 Å². The van der Waals surface area contributed by atoms with E-state index in [4.69, 9.17) is 0 Å². The number of fused-ring (bicyclic) bond motifs is 1. The van der Waals surface area contributed by atoms with Gasteiger partial charge in [0, 0.05) is 18.9 Å². The smallest absolute Gasteiger partial charge is 0.327 e. The van der Waals surface area contributed by atoms with Crippen molar-refractivity contribution in [3.05, 3.63) is 66.9 Å². The Morgan fingerprint density at radius 2 is 1.96 bits per heavy atom. The molecule has 0 amide bonds. The lowest BCUT2D eigenvalue weighted by Crippen LogP contribution is -2.13. The number of benzene rings is 1. The van der Waals surface area contributed by atoms with E-state index < -0.39 is 0 Å². The number of anilines is 1. The number of nitrogens with one attached hydrogen (secondary N) is 1. The SMILES string of the molecule is COC(=O)Cn1ncc2c(NCc3ccc(-c4cccnc4)cc3)ncnc21. The second kappa shape index (κ2) is 7.83. The van der Waals surface area contributed by atoms with Crippen molar-refractivity contribution in [3.63, 3.8) is 0 Å². The molecule has 8 heteroatoms. The number of hydrogen-bond acceptors (Lipinski definition) is 7. The van der Waals surface area contributed by atoms with Gasteiger partial charge in [-0.05, 0) is 22.8 Å². The Bertz CT molecular complexity index is 1090. The topological polar surface area (TPSA) is 94.8 Å². The molecular weight excluding hydrogens is 356 g/mol. The Labute approximate surface area is 161 Å². The normalized spacial score (nSPS) is 10.8. The maximum absolute atomic E-state index is 11.5. The van der Waals surface area contributed by atoms with Crippen LogP contribution in [0.4, 0.5) is 5.82 Å². The molecule has 4 aromatic rings. The van der Waals surface area contributed by atoms with E-state index in [0.717, 1.165) is 22.1 Å². The molecule has 0 saturated carbocycles. The molecule has 0 bridgehead atoms. The van der Waals surface area contributed by atoms with Crippen LogP contribution in [0, 0.1) is 0 Å². The Balaban J connectivity index is 1.49. The quantitative estimate of drug-likeness (QED) is 0.519. The third-order valence-electron chi connectivity index (χ3n) is 4.35. The van der Waals surface area contributed by atoms with Crippen molar-refractivity contribution in [1.29, 1.82) is 0 Å². The van der Waals surface area contributed by atoms with Gasteiger partial charge >= 0.3 is 5.97 Å². The molecule has 0 aliphatic rings. The van der Waals surface area contributed by atoms with Gasteiger partial charge in [-0.15, -0.1) is 0 Å². The van der Waals surface area contributed by atoms with Gasteiger partial charge in [-0.2, -0.15) is 5.10 Å². The summed E-state index contributed by atoms with van der Waals surface area (Å²) in [5, 5.41) is 8.27. The van der Waals surface area contributed by atoms with E-state index in [-0.39, 0.29) is 12.5 Å². The van der Waals surface area contributed by atoms with Crippen LogP contribution in [-0.2, 0) is 22.6 Å². The molecule has 0 aliphatic heterocycles. The second-order valence-corrected chi connectivity index (χ2v) is 6.13. The third-order valence-corrected chi connectivity index (χ3v) is 4.35. The molecule has 0 unspecified atom stereocenters. The molecule has 0 saturated heterocycles. The van der Waals surface area contributed by atoms with E-state index in [1.807, 2.05) is 18.3 Å². The second-order valence-electron chi connectivity index (χ2n) is 6.13. The number of methoxy groups -OCH3 is 1. The van der Waals surface area contributed by atoms with Gasteiger partial charge in [0.1, 0.15) is 18.7 Å². The minimum atomic E-state index is -0.383. The summed E-state index contributed by atoms with van der Waals surface area (Å²) >= 11 is 0. The average Bonchev–Trinajstić information content (AvgIpc) is 3.16. The highest BCUT2D eigenvalue weighted by Gasteiger charge is 2.12. The molecule has 0 aliphatic carbocycles. The zero-order chi connectivity index (χ0) is 19.3. The highest BCUT2D eigenvalue weighted by Crippen LogP contribution is 2.21. The number of ether oxygens (including phenoxy) is 1. The standard InChI is InChI=1S/C20H18N6O2/c1-28-18(27)12-26-20-17(11-25-26)19(23-13-24-20)22-9-14-4-6-15(7-5-14)16-3-2-8-21-10-16/h2-8,10-11,13H,9,12H2,1H3,(H,22,23,24). The van der Waals surface area contributed by atoms with Crippen LogP contribution in [0.3, 0.4) is 0 Å². The lowest BCUT2D eigenvalue weighted by Gasteiger charge is -2.08. The lowest BCUT2D eigenvalue weighted by atomic mass is 10.1. The summed E-state index contributed by atoms with van der Waals surface area (Å²) in [6.07, 6.45) is 6.70. The molecule has 140 valence electrons. The maximum atomic E-state index is 11.5. The Kier molecular flexibility index (Phi) is 4.92. The first-order valence-corrected chi connectivity index (χ1v) is 8.71. The molecule has 28 heavy (non-hydrogen) atoms. The number of esters is 1. The van der Waals surface area contributed by atoms with Gasteiger partial charge in [-0.1, -0.05) is 30.3 Å². The number of rotatable bonds is 6. The highest BCUT2D eigenvalue weighted by molar-refractivity contribution is 5.86. The van der Waals surface area contributed by atoms with Crippen molar-refractivity contribution in [2.24, 2.45) is 0 Å². The Morgan fingerprint density at radius 3 is 2.71 bits per heavy atom. The van der Waals surface area contributed by atoms with Crippen LogP contribution in [0.5, 0.6) is 0 Å². The van der Waals surface area contributed by atoms with Gasteiger partial charge in [0.05, 0.1) is 18.7 Å². The first kappa shape index (κ1) is 17.6. The average molecular weight is 374 g/mol. The predicted octanol–water partition coefficient (Wildman–Crippen LogP) is 2.67. The first-order chi connectivity index (χ1) is 13.7. The maximum Gasteiger partial charge on any atom is 0.327 e. The highest BCUT2D eigenvalue weighted by atomic mass is 16.5. The largest absolute Gasteiger partial charge is 0.468 e. The van der Waals surface area contributed by atoms with E-state index >= 15 is 0 Å². The van der Waals surface area contributed by atoms with Crippen molar-refractivity contribution in [3.8, 4) is 11.1 Å². The van der Waals surface area contributed by atoms with E-state index in [2.05, 4.69) is 54.4 Å².